The second kappa shape index (κ2) is 6.37. The Morgan fingerprint density at radius 2 is 1.95 bits per heavy atom. The molecule has 0 spiro atoms. The maximum atomic E-state index is 6.14. The van der Waals surface area contributed by atoms with E-state index >= 15 is 0 Å². The Morgan fingerprint density at radius 1 is 1.24 bits per heavy atom. The number of para-hydroxylation sites is 1. The maximum Gasteiger partial charge on any atom is 0.191 e. The monoisotopic (exact) mass is 287 g/mol. The van der Waals surface area contributed by atoms with Crippen LogP contribution in [0.2, 0.25) is 0 Å². The Labute approximate surface area is 127 Å². The van der Waals surface area contributed by atoms with Crippen LogP contribution >= 0.6 is 0 Å². The van der Waals surface area contributed by atoms with Crippen LogP contribution in [-0.4, -0.2) is 30.1 Å². The number of ether oxygens (including phenoxy) is 1. The Bertz CT molecular complexity index is 505. The summed E-state index contributed by atoms with van der Waals surface area (Å²) >= 11 is 0. The third-order valence-corrected chi connectivity index (χ3v) is 4.44. The van der Waals surface area contributed by atoms with E-state index in [2.05, 4.69) is 16.0 Å². The van der Waals surface area contributed by atoms with Crippen molar-refractivity contribution in [1.82, 2.24) is 4.90 Å². The summed E-state index contributed by atoms with van der Waals surface area (Å²) in [5.74, 6) is 1.60. The van der Waals surface area contributed by atoms with Gasteiger partial charge in [-0.1, -0.05) is 18.2 Å². The number of nitrogens with two attached hydrogens (primary N) is 1. The van der Waals surface area contributed by atoms with E-state index in [1.165, 1.54) is 38.5 Å². The molecular formula is C17H25N3O. The molecule has 0 atom stereocenters. The summed E-state index contributed by atoms with van der Waals surface area (Å²) in [6.45, 7) is 0.589. The van der Waals surface area contributed by atoms with Gasteiger partial charge in [-0.05, 0) is 44.6 Å². The lowest BCUT2D eigenvalue weighted by Gasteiger charge is -2.18. The molecule has 0 aromatic heterocycles. The Balaban J connectivity index is 1.65. The van der Waals surface area contributed by atoms with Gasteiger partial charge in [0.25, 0.3) is 0 Å². The number of benzene rings is 1. The van der Waals surface area contributed by atoms with Crippen molar-refractivity contribution in [3.63, 3.8) is 0 Å². The summed E-state index contributed by atoms with van der Waals surface area (Å²) in [6.07, 6.45) is 7.74. The van der Waals surface area contributed by atoms with Gasteiger partial charge in [0.1, 0.15) is 5.75 Å². The van der Waals surface area contributed by atoms with Crippen LogP contribution in [0.5, 0.6) is 5.75 Å². The molecule has 0 radical (unpaired) electrons. The van der Waals surface area contributed by atoms with E-state index in [9.17, 15) is 0 Å². The Hall–Kier alpha value is -1.71. The highest BCUT2D eigenvalue weighted by Crippen LogP contribution is 2.27. The molecule has 4 heteroatoms. The lowest BCUT2D eigenvalue weighted by Crippen LogP contribution is -2.35. The van der Waals surface area contributed by atoms with Crippen molar-refractivity contribution in [2.45, 2.75) is 57.2 Å². The van der Waals surface area contributed by atoms with Crippen molar-refractivity contribution >= 4 is 5.96 Å². The van der Waals surface area contributed by atoms with Crippen LogP contribution in [0.1, 0.15) is 44.1 Å². The van der Waals surface area contributed by atoms with Crippen molar-refractivity contribution in [1.29, 1.82) is 0 Å². The van der Waals surface area contributed by atoms with Gasteiger partial charge in [0, 0.05) is 18.7 Å². The van der Waals surface area contributed by atoms with E-state index in [0.717, 1.165) is 11.3 Å². The Kier molecular flexibility index (Phi) is 4.32. The predicted molar refractivity (Wildman–Crippen MR) is 85.4 cm³/mol. The molecule has 2 aliphatic rings. The first-order chi connectivity index (χ1) is 10.2. The van der Waals surface area contributed by atoms with Crippen LogP contribution in [0.15, 0.2) is 29.3 Å². The van der Waals surface area contributed by atoms with E-state index in [1.807, 2.05) is 25.2 Å². The molecule has 1 aromatic carbocycles. The zero-order chi connectivity index (χ0) is 14.7. The van der Waals surface area contributed by atoms with Gasteiger partial charge in [0.15, 0.2) is 5.96 Å². The molecule has 2 aliphatic carbocycles. The van der Waals surface area contributed by atoms with Gasteiger partial charge >= 0.3 is 0 Å². The quantitative estimate of drug-likeness (QED) is 0.669. The summed E-state index contributed by atoms with van der Waals surface area (Å²) in [6, 6.07) is 8.78. The molecule has 3 rings (SSSR count). The summed E-state index contributed by atoms with van der Waals surface area (Å²) < 4.78 is 6.14. The molecule has 0 saturated heterocycles. The Morgan fingerprint density at radius 3 is 2.67 bits per heavy atom. The first kappa shape index (κ1) is 14.2. The van der Waals surface area contributed by atoms with Crippen molar-refractivity contribution < 1.29 is 4.74 Å². The number of guanidine groups is 1. The number of hydrogen-bond acceptors (Lipinski definition) is 2. The summed E-state index contributed by atoms with van der Waals surface area (Å²) in [7, 11) is 2.03. The predicted octanol–water partition coefficient (Wildman–Crippen LogP) is 2.92. The second-order valence-corrected chi connectivity index (χ2v) is 6.15. The lowest BCUT2D eigenvalue weighted by atomic mass is 10.2. The fourth-order valence-corrected chi connectivity index (χ4v) is 2.86. The first-order valence-corrected chi connectivity index (χ1v) is 8.01. The average molecular weight is 287 g/mol. The molecular weight excluding hydrogens is 262 g/mol. The highest BCUT2D eigenvalue weighted by Gasteiger charge is 2.27. The number of hydrogen-bond donors (Lipinski definition) is 1. The molecule has 0 bridgehead atoms. The van der Waals surface area contributed by atoms with Crippen molar-refractivity contribution in [2.75, 3.05) is 7.05 Å². The van der Waals surface area contributed by atoms with E-state index in [-0.39, 0.29) is 0 Å². The van der Waals surface area contributed by atoms with Gasteiger partial charge in [0.2, 0.25) is 0 Å². The number of aliphatic imine (C=N–C) groups is 1. The van der Waals surface area contributed by atoms with Gasteiger partial charge < -0.3 is 15.4 Å². The van der Waals surface area contributed by atoms with Gasteiger partial charge in [-0.2, -0.15) is 0 Å². The smallest absolute Gasteiger partial charge is 0.191 e. The van der Waals surface area contributed by atoms with Gasteiger partial charge in [-0.3, -0.25) is 0 Å². The highest BCUT2D eigenvalue weighted by atomic mass is 16.5. The molecule has 1 aromatic rings. The third-order valence-electron chi connectivity index (χ3n) is 4.44. The largest absolute Gasteiger partial charge is 0.490 e. The van der Waals surface area contributed by atoms with Crippen LogP contribution in [0.25, 0.3) is 0 Å². The molecule has 0 unspecified atom stereocenters. The average Bonchev–Trinajstić information content (AvgIpc) is 3.23. The molecule has 0 heterocycles. The van der Waals surface area contributed by atoms with Gasteiger partial charge in [0.05, 0.1) is 12.6 Å². The van der Waals surface area contributed by atoms with E-state index in [4.69, 9.17) is 10.5 Å². The maximum absolute atomic E-state index is 6.14. The molecule has 21 heavy (non-hydrogen) atoms. The van der Waals surface area contributed by atoms with E-state index in [0.29, 0.717) is 24.7 Å². The van der Waals surface area contributed by atoms with Crippen LogP contribution in [0.3, 0.4) is 0 Å². The normalized spacial score (nSPS) is 19.8. The topological polar surface area (TPSA) is 50.8 Å². The minimum absolute atomic E-state index is 0.376. The van der Waals surface area contributed by atoms with Crippen molar-refractivity contribution in [2.24, 2.45) is 10.7 Å². The van der Waals surface area contributed by atoms with Gasteiger partial charge in [-0.25, -0.2) is 4.99 Å². The van der Waals surface area contributed by atoms with Crippen LogP contribution < -0.4 is 10.5 Å². The zero-order valence-corrected chi connectivity index (χ0v) is 12.8. The highest BCUT2D eigenvalue weighted by molar-refractivity contribution is 5.78. The fraction of sp³-hybridized carbons (Fsp3) is 0.588. The van der Waals surface area contributed by atoms with Gasteiger partial charge in [-0.15, -0.1) is 0 Å². The molecule has 2 saturated carbocycles. The first-order valence-electron chi connectivity index (χ1n) is 8.01. The number of nitrogens with zero attached hydrogens (tertiary/aromatic N) is 2. The molecule has 2 N–H and O–H groups in total. The van der Waals surface area contributed by atoms with Crippen molar-refractivity contribution in [3.8, 4) is 5.75 Å². The van der Waals surface area contributed by atoms with E-state index in [1.54, 1.807) is 0 Å². The minimum atomic E-state index is 0.376. The zero-order valence-electron chi connectivity index (χ0n) is 12.8. The molecule has 114 valence electrons. The number of rotatable bonds is 5. The molecule has 0 aliphatic heterocycles. The molecule has 0 amide bonds. The molecule has 2 fully saturated rings. The third kappa shape index (κ3) is 3.69. The van der Waals surface area contributed by atoms with Crippen LogP contribution in [-0.2, 0) is 6.54 Å². The summed E-state index contributed by atoms with van der Waals surface area (Å²) in [4.78, 5) is 6.61. The molecule has 4 nitrogen and oxygen atoms in total. The standard InChI is InChI=1S/C17H25N3O/c1-20(14-10-11-14)17(18)19-12-13-6-2-5-9-16(13)21-15-7-3-4-8-15/h2,5-6,9,14-15H,3-4,7-8,10-12H2,1H3,(H2,18,19). The second-order valence-electron chi connectivity index (χ2n) is 6.15. The van der Waals surface area contributed by atoms with Crippen LogP contribution in [0, 0.1) is 0 Å². The SMILES string of the molecule is CN(C(N)=NCc1ccccc1OC1CCCC1)C1CC1. The van der Waals surface area contributed by atoms with Crippen molar-refractivity contribution in [3.05, 3.63) is 29.8 Å². The summed E-state index contributed by atoms with van der Waals surface area (Å²) in [5, 5.41) is 0. The van der Waals surface area contributed by atoms with Crippen LogP contribution in [0.4, 0.5) is 0 Å². The lowest BCUT2D eigenvalue weighted by molar-refractivity contribution is 0.208. The summed E-state index contributed by atoms with van der Waals surface area (Å²) in [5.41, 5.74) is 7.18. The minimum Gasteiger partial charge on any atom is -0.490 e. The fourth-order valence-electron chi connectivity index (χ4n) is 2.86. The van der Waals surface area contributed by atoms with E-state index < -0.39 is 0 Å².